The summed E-state index contributed by atoms with van der Waals surface area (Å²) in [5.41, 5.74) is 0. The summed E-state index contributed by atoms with van der Waals surface area (Å²) in [4.78, 5) is 13.2. The highest BCUT2D eigenvalue weighted by atomic mass is 35.5. The fraction of sp³-hybridized carbons (Fsp3) is 0.700. The van der Waals surface area contributed by atoms with Crippen molar-refractivity contribution < 1.29 is 9.53 Å². The van der Waals surface area contributed by atoms with Crippen molar-refractivity contribution in [1.82, 2.24) is 4.90 Å². The van der Waals surface area contributed by atoms with Crippen molar-refractivity contribution in [1.29, 1.82) is 0 Å². The molecule has 1 heterocycles. The maximum atomic E-state index is 11.2. The zero-order chi connectivity index (χ0) is 11.4. The Morgan fingerprint density at radius 1 is 1.27 bits per heavy atom. The van der Waals surface area contributed by atoms with Crippen LogP contribution in [0.2, 0.25) is 0 Å². The molecule has 1 aliphatic rings. The molecule has 0 bridgehead atoms. The normalized spacial score (nSPS) is 21.4. The number of cyclic esters (lactones) is 1. The van der Waals surface area contributed by atoms with Crippen LogP contribution in [0.4, 0.5) is 0 Å². The molecule has 0 aliphatic carbocycles. The van der Waals surface area contributed by atoms with Gasteiger partial charge in [-0.05, 0) is 12.8 Å². The van der Waals surface area contributed by atoms with E-state index in [1.54, 1.807) is 0 Å². The summed E-state index contributed by atoms with van der Waals surface area (Å²) in [5.74, 6) is -0.524. The highest BCUT2D eigenvalue weighted by Crippen LogP contribution is 2.30. The second-order valence-corrected chi connectivity index (χ2v) is 4.24. The van der Waals surface area contributed by atoms with Crippen molar-refractivity contribution in [2.45, 2.75) is 32.9 Å². The van der Waals surface area contributed by atoms with Crippen LogP contribution in [-0.2, 0) is 9.53 Å². The summed E-state index contributed by atoms with van der Waals surface area (Å²) in [7, 11) is 0. The predicted octanol–water partition coefficient (Wildman–Crippen LogP) is 2.68. The molecular formula is C10H15Cl2NO2. The molecule has 0 spiro atoms. The van der Waals surface area contributed by atoms with Crippen LogP contribution in [0.5, 0.6) is 0 Å². The molecule has 1 atom stereocenters. The molecule has 0 saturated heterocycles. The fourth-order valence-corrected chi connectivity index (χ4v) is 1.96. The minimum Gasteiger partial charge on any atom is -0.437 e. The van der Waals surface area contributed by atoms with Gasteiger partial charge in [0.05, 0.1) is 5.03 Å². The van der Waals surface area contributed by atoms with Crippen molar-refractivity contribution in [2.75, 3.05) is 13.1 Å². The molecule has 1 aliphatic heterocycles. The molecule has 1 unspecified atom stereocenters. The highest BCUT2D eigenvalue weighted by Gasteiger charge is 2.35. The van der Waals surface area contributed by atoms with Gasteiger partial charge < -0.3 is 4.74 Å². The summed E-state index contributed by atoms with van der Waals surface area (Å²) >= 11 is 11.6. The lowest BCUT2D eigenvalue weighted by atomic mass is 10.3. The van der Waals surface area contributed by atoms with E-state index >= 15 is 0 Å². The van der Waals surface area contributed by atoms with Crippen LogP contribution in [-0.4, -0.2) is 30.2 Å². The van der Waals surface area contributed by atoms with Crippen molar-refractivity contribution >= 4 is 29.2 Å². The fourth-order valence-electron chi connectivity index (χ4n) is 1.57. The standard InChI is InChI=1S/C10H15Cl2NO2/c1-3-5-13(6-4-2)9-7(11)8(12)10(14)15-9/h9H,3-6H2,1-2H3. The number of nitrogens with zero attached hydrogens (tertiary/aromatic N) is 1. The van der Waals surface area contributed by atoms with Gasteiger partial charge in [0.15, 0.2) is 6.23 Å². The lowest BCUT2D eigenvalue weighted by molar-refractivity contribution is -0.145. The van der Waals surface area contributed by atoms with Crippen molar-refractivity contribution in [3.8, 4) is 0 Å². The van der Waals surface area contributed by atoms with Crippen LogP contribution in [0.3, 0.4) is 0 Å². The largest absolute Gasteiger partial charge is 0.437 e. The summed E-state index contributed by atoms with van der Waals surface area (Å²) in [6.45, 7) is 5.82. The third-order valence-electron chi connectivity index (χ3n) is 2.18. The first kappa shape index (κ1) is 12.8. The number of halogens is 2. The molecule has 0 fully saturated rings. The Kier molecular flexibility index (Phi) is 4.90. The van der Waals surface area contributed by atoms with E-state index in [0.29, 0.717) is 5.03 Å². The molecule has 0 aromatic rings. The van der Waals surface area contributed by atoms with E-state index in [-0.39, 0.29) is 5.03 Å². The number of hydrogen-bond donors (Lipinski definition) is 0. The van der Waals surface area contributed by atoms with Crippen LogP contribution < -0.4 is 0 Å². The molecule has 0 saturated carbocycles. The lowest BCUT2D eigenvalue weighted by Crippen LogP contribution is -2.37. The maximum absolute atomic E-state index is 11.2. The van der Waals surface area contributed by atoms with E-state index in [1.807, 2.05) is 4.90 Å². The van der Waals surface area contributed by atoms with Crippen molar-refractivity contribution in [3.63, 3.8) is 0 Å². The van der Waals surface area contributed by atoms with Crippen molar-refractivity contribution in [2.24, 2.45) is 0 Å². The molecule has 0 aromatic heterocycles. The average molecular weight is 252 g/mol. The topological polar surface area (TPSA) is 29.5 Å². The van der Waals surface area contributed by atoms with E-state index in [0.717, 1.165) is 25.9 Å². The Labute approximate surface area is 100.0 Å². The molecule has 5 heteroatoms. The smallest absolute Gasteiger partial charge is 0.353 e. The number of rotatable bonds is 5. The van der Waals surface area contributed by atoms with Gasteiger partial charge >= 0.3 is 5.97 Å². The van der Waals surface area contributed by atoms with E-state index in [9.17, 15) is 4.79 Å². The first-order chi connectivity index (χ1) is 7.11. The van der Waals surface area contributed by atoms with Gasteiger partial charge in [0.2, 0.25) is 0 Å². The molecule has 3 nitrogen and oxygen atoms in total. The molecule has 0 radical (unpaired) electrons. The molecule has 15 heavy (non-hydrogen) atoms. The SMILES string of the molecule is CCCN(CCC)C1OC(=O)C(Cl)=C1Cl. The molecule has 0 N–H and O–H groups in total. The third kappa shape index (κ3) is 2.86. The van der Waals surface area contributed by atoms with E-state index in [2.05, 4.69) is 13.8 Å². The van der Waals surface area contributed by atoms with Crippen molar-refractivity contribution in [3.05, 3.63) is 10.1 Å². The van der Waals surface area contributed by atoms with E-state index < -0.39 is 12.2 Å². The van der Waals surface area contributed by atoms with Crippen LogP contribution in [0.25, 0.3) is 0 Å². The summed E-state index contributed by atoms with van der Waals surface area (Å²) in [5, 5.41) is 0.322. The molecule has 0 aromatic carbocycles. The summed E-state index contributed by atoms with van der Waals surface area (Å²) < 4.78 is 5.10. The first-order valence-electron chi connectivity index (χ1n) is 5.12. The Bertz CT molecular complexity index is 273. The monoisotopic (exact) mass is 251 g/mol. The number of carbonyl (C=O) groups excluding carboxylic acids is 1. The average Bonchev–Trinajstić information content (AvgIpc) is 2.46. The van der Waals surface area contributed by atoms with Crippen LogP contribution in [0.1, 0.15) is 26.7 Å². The minimum atomic E-state index is -0.524. The second kappa shape index (κ2) is 5.73. The first-order valence-corrected chi connectivity index (χ1v) is 5.87. The van der Waals surface area contributed by atoms with Crippen LogP contribution in [0, 0.1) is 0 Å². The van der Waals surface area contributed by atoms with Gasteiger partial charge in [-0.3, -0.25) is 4.90 Å². The minimum absolute atomic E-state index is 0.0128. The van der Waals surface area contributed by atoms with Gasteiger partial charge in [0, 0.05) is 13.1 Å². The maximum Gasteiger partial charge on any atom is 0.353 e. The van der Waals surface area contributed by atoms with Gasteiger partial charge in [0.1, 0.15) is 5.03 Å². The van der Waals surface area contributed by atoms with Gasteiger partial charge in [-0.15, -0.1) is 0 Å². The number of ether oxygens (including phenoxy) is 1. The van der Waals surface area contributed by atoms with E-state index in [4.69, 9.17) is 27.9 Å². The van der Waals surface area contributed by atoms with E-state index in [1.165, 1.54) is 0 Å². The number of carbonyl (C=O) groups is 1. The predicted molar refractivity (Wildman–Crippen MR) is 60.8 cm³/mol. The number of hydrogen-bond acceptors (Lipinski definition) is 3. The Morgan fingerprint density at radius 2 is 1.80 bits per heavy atom. The molecule has 0 amide bonds. The van der Waals surface area contributed by atoms with Gasteiger partial charge in [0.25, 0.3) is 0 Å². The Morgan fingerprint density at radius 3 is 2.13 bits per heavy atom. The molecule has 86 valence electrons. The quantitative estimate of drug-likeness (QED) is 0.704. The summed E-state index contributed by atoms with van der Waals surface area (Å²) in [6, 6.07) is 0. The van der Waals surface area contributed by atoms with Gasteiger partial charge in [-0.25, -0.2) is 4.79 Å². The van der Waals surface area contributed by atoms with Crippen LogP contribution in [0.15, 0.2) is 10.1 Å². The summed E-state index contributed by atoms with van der Waals surface area (Å²) in [6.07, 6.45) is 1.48. The van der Waals surface area contributed by atoms with Crippen LogP contribution >= 0.6 is 23.2 Å². The number of esters is 1. The second-order valence-electron chi connectivity index (χ2n) is 3.46. The zero-order valence-electron chi connectivity index (χ0n) is 8.93. The van der Waals surface area contributed by atoms with Gasteiger partial charge in [-0.2, -0.15) is 0 Å². The molecule has 1 rings (SSSR count). The Hall–Kier alpha value is -0.250. The lowest BCUT2D eigenvalue weighted by Gasteiger charge is -2.26. The highest BCUT2D eigenvalue weighted by molar-refractivity contribution is 6.48. The third-order valence-corrected chi connectivity index (χ3v) is 3.01. The Balaban J connectivity index is 2.73. The van der Waals surface area contributed by atoms with Gasteiger partial charge in [-0.1, -0.05) is 37.0 Å². The zero-order valence-corrected chi connectivity index (χ0v) is 10.4. The molecular weight excluding hydrogens is 237 g/mol.